The van der Waals surface area contributed by atoms with Gasteiger partial charge >= 0.3 is 5.97 Å². The maximum Gasteiger partial charge on any atom is 0.304 e. The van der Waals surface area contributed by atoms with Crippen LogP contribution in [0.4, 0.5) is 0 Å². The van der Waals surface area contributed by atoms with Gasteiger partial charge in [0.05, 0.1) is 6.42 Å². The molecule has 0 rings (SSSR count). The minimum absolute atomic E-state index is 0.0548. The van der Waals surface area contributed by atoms with Crippen molar-refractivity contribution in [3.63, 3.8) is 0 Å². The van der Waals surface area contributed by atoms with Gasteiger partial charge in [0, 0.05) is 5.38 Å². The van der Waals surface area contributed by atoms with E-state index in [1.54, 1.807) is 0 Å². The lowest BCUT2D eigenvalue weighted by Gasteiger charge is -2.08. The molecular weight excluding hydrogens is 140 g/mol. The Morgan fingerprint density at radius 2 is 2.11 bits per heavy atom. The van der Waals surface area contributed by atoms with Crippen molar-refractivity contribution in [3.05, 3.63) is 0 Å². The Morgan fingerprint density at radius 1 is 1.67 bits per heavy atom. The fourth-order valence-electron chi connectivity index (χ4n) is 0.403. The summed E-state index contributed by atoms with van der Waals surface area (Å²) in [6.07, 6.45) is 0.0548. The third-order valence-corrected chi connectivity index (χ3v) is 1.75. The first-order valence-electron chi connectivity index (χ1n) is 2.90. The van der Waals surface area contributed by atoms with Crippen molar-refractivity contribution in [2.24, 2.45) is 5.92 Å². The molecule has 0 heterocycles. The third-order valence-electron chi connectivity index (χ3n) is 1.09. The number of halogens is 1. The number of carbonyl (C=O) groups is 1. The van der Waals surface area contributed by atoms with E-state index in [2.05, 4.69) is 0 Å². The normalized spacial score (nSPS) is 13.8. The van der Waals surface area contributed by atoms with E-state index >= 15 is 0 Å². The molecule has 0 aromatic heterocycles. The van der Waals surface area contributed by atoms with Crippen LogP contribution in [-0.4, -0.2) is 16.5 Å². The Morgan fingerprint density at radius 3 is 2.22 bits per heavy atom. The standard InChI is InChI=1S/C6H11ClO2/c1-4(2)5(7)3-6(8)9/h4-5H,3H2,1-2H3,(H,8,9). The van der Waals surface area contributed by atoms with Gasteiger partial charge in [0.15, 0.2) is 0 Å². The van der Waals surface area contributed by atoms with Gasteiger partial charge in [0.25, 0.3) is 0 Å². The molecule has 3 heteroatoms. The summed E-state index contributed by atoms with van der Waals surface area (Å²) in [4.78, 5) is 10.0. The summed E-state index contributed by atoms with van der Waals surface area (Å²) in [5.41, 5.74) is 0. The highest BCUT2D eigenvalue weighted by atomic mass is 35.5. The average molecular weight is 151 g/mol. The van der Waals surface area contributed by atoms with Gasteiger partial charge < -0.3 is 5.11 Å². The van der Waals surface area contributed by atoms with Gasteiger partial charge in [0.2, 0.25) is 0 Å². The van der Waals surface area contributed by atoms with Crippen LogP contribution in [0, 0.1) is 5.92 Å². The second-order valence-corrected chi connectivity index (χ2v) is 2.92. The fraction of sp³-hybridized carbons (Fsp3) is 0.833. The SMILES string of the molecule is CC(C)C(Cl)CC(=O)O. The van der Waals surface area contributed by atoms with E-state index < -0.39 is 5.97 Å². The molecule has 0 saturated heterocycles. The summed E-state index contributed by atoms with van der Waals surface area (Å²) in [7, 11) is 0. The lowest BCUT2D eigenvalue weighted by molar-refractivity contribution is -0.137. The Kier molecular flexibility index (Phi) is 3.62. The molecule has 0 fully saturated rings. The molecule has 1 unspecified atom stereocenters. The van der Waals surface area contributed by atoms with Crippen LogP contribution in [0.1, 0.15) is 20.3 Å². The molecular formula is C6H11ClO2. The van der Waals surface area contributed by atoms with Gasteiger partial charge in [-0.05, 0) is 5.92 Å². The largest absolute Gasteiger partial charge is 0.481 e. The first kappa shape index (κ1) is 8.76. The fourth-order valence-corrected chi connectivity index (χ4v) is 0.535. The molecule has 0 aliphatic rings. The van der Waals surface area contributed by atoms with E-state index in [0.29, 0.717) is 0 Å². The molecule has 54 valence electrons. The van der Waals surface area contributed by atoms with E-state index in [1.165, 1.54) is 0 Å². The first-order valence-corrected chi connectivity index (χ1v) is 3.33. The van der Waals surface area contributed by atoms with Crippen LogP contribution in [-0.2, 0) is 4.79 Å². The molecule has 0 amide bonds. The van der Waals surface area contributed by atoms with Crippen molar-refractivity contribution in [1.82, 2.24) is 0 Å². The summed E-state index contributed by atoms with van der Waals surface area (Å²) in [5.74, 6) is -0.591. The number of rotatable bonds is 3. The Balaban J connectivity index is 3.50. The van der Waals surface area contributed by atoms with Crippen molar-refractivity contribution < 1.29 is 9.90 Å². The van der Waals surface area contributed by atoms with Crippen LogP contribution in [0.2, 0.25) is 0 Å². The average Bonchev–Trinajstić information content (AvgIpc) is 1.63. The molecule has 1 N–H and O–H groups in total. The lowest BCUT2D eigenvalue weighted by atomic mass is 10.1. The van der Waals surface area contributed by atoms with E-state index in [1.807, 2.05) is 13.8 Å². The highest BCUT2D eigenvalue weighted by Gasteiger charge is 2.12. The zero-order chi connectivity index (χ0) is 7.44. The number of carboxylic acids is 1. The van der Waals surface area contributed by atoms with Crippen LogP contribution in [0.5, 0.6) is 0 Å². The summed E-state index contributed by atoms with van der Waals surface area (Å²) in [6, 6.07) is 0. The van der Waals surface area contributed by atoms with Crippen LogP contribution >= 0.6 is 11.6 Å². The zero-order valence-electron chi connectivity index (χ0n) is 5.60. The van der Waals surface area contributed by atoms with Crippen LogP contribution in [0.15, 0.2) is 0 Å². The zero-order valence-corrected chi connectivity index (χ0v) is 6.35. The lowest BCUT2D eigenvalue weighted by Crippen LogP contribution is -2.12. The van der Waals surface area contributed by atoms with Gasteiger partial charge in [-0.15, -0.1) is 11.6 Å². The molecule has 2 nitrogen and oxygen atoms in total. The molecule has 9 heavy (non-hydrogen) atoms. The highest BCUT2D eigenvalue weighted by molar-refractivity contribution is 6.21. The summed E-state index contributed by atoms with van der Waals surface area (Å²) in [6.45, 7) is 3.81. The predicted molar refractivity (Wildman–Crippen MR) is 36.7 cm³/mol. The molecule has 0 aromatic carbocycles. The van der Waals surface area contributed by atoms with Gasteiger partial charge in [-0.25, -0.2) is 0 Å². The molecule has 0 bridgehead atoms. The van der Waals surface area contributed by atoms with E-state index in [-0.39, 0.29) is 17.7 Å². The van der Waals surface area contributed by atoms with Crippen LogP contribution in [0.25, 0.3) is 0 Å². The second-order valence-electron chi connectivity index (χ2n) is 2.36. The van der Waals surface area contributed by atoms with Crippen LogP contribution in [0.3, 0.4) is 0 Å². The topological polar surface area (TPSA) is 37.3 Å². The van der Waals surface area contributed by atoms with Gasteiger partial charge in [0.1, 0.15) is 0 Å². The second kappa shape index (κ2) is 3.72. The summed E-state index contributed by atoms with van der Waals surface area (Å²) < 4.78 is 0. The molecule has 0 aromatic rings. The minimum Gasteiger partial charge on any atom is -0.481 e. The van der Waals surface area contributed by atoms with Crippen molar-refractivity contribution in [3.8, 4) is 0 Å². The number of carboxylic acid groups (broad SMARTS) is 1. The van der Waals surface area contributed by atoms with Gasteiger partial charge in [-0.3, -0.25) is 4.79 Å². The van der Waals surface area contributed by atoms with Crippen molar-refractivity contribution in [2.45, 2.75) is 25.6 Å². The summed E-state index contributed by atoms with van der Waals surface area (Å²) in [5, 5.41) is 8.01. The van der Waals surface area contributed by atoms with Gasteiger partial charge in [-0.1, -0.05) is 13.8 Å². The number of hydrogen-bond acceptors (Lipinski definition) is 1. The maximum absolute atomic E-state index is 10.0. The Labute approximate surface area is 59.8 Å². The third kappa shape index (κ3) is 4.28. The molecule has 0 spiro atoms. The monoisotopic (exact) mass is 150 g/mol. The van der Waals surface area contributed by atoms with Crippen molar-refractivity contribution >= 4 is 17.6 Å². The molecule has 0 radical (unpaired) electrons. The van der Waals surface area contributed by atoms with Gasteiger partial charge in [-0.2, -0.15) is 0 Å². The molecule has 1 atom stereocenters. The van der Waals surface area contributed by atoms with E-state index in [0.717, 1.165) is 0 Å². The van der Waals surface area contributed by atoms with Crippen molar-refractivity contribution in [1.29, 1.82) is 0 Å². The Hall–Kier alpha value is -0.240. The number of aliphatic carboxylic acids is 1. The highest BCUT2D eigenvalue weighted by Crippen LogP contribution is 2.12. The van der Waals surface area contributed by atoms with E-state index in [9.17, 15) is 4.79 Å². The van der Waals surface area contributed by atoms with Crippen LogP contribution < -0.4 is 0 Å². The summed E-state index contributed by atoms with van der Waals surface area (Å²) >= 11 is 5.63. The molecule has 0 saturated carbocycles. The minimum atomic E-state index is -0.830. The number of hydrogen-bond donors (Lipinski definition) is 1. The first-order chi connectivity index (χ1) is 4.04. The number of alkyl halides is 1. The maximum atomic E-state index is 10.0. The smallest absolute Gasteiger partial charge is 0.304 e. The molecule has 0 aliphatic heterocycles. The molecule has 0 aliphatic carbocycles. The van der Waals surface area contributed by atoms with E-state index in [4.69, 9.17) is 16.7 Å². The predicted octanol–water partition coefficient (Wildman–Crippen LogP) is 1.72. The van der Waals surface area contributed by atoms with Crippen molar-refractivity contribution in [2.75, 3.05) is 0 Å². The Bertz CT molecular complexity index is 101. The quantitative estimate of drug-likeness (QED) is 0.623.